The molecule has 1 rings (SSSR count). The number of allylic oxidation sites excluding steroid dienone is 1. The molecule has 0 aliphatic heterocycles. The molecule has 0 aliphatic carbocycles. The van der Waals surface area contributed by atoms with Crippen molar-refractivity contribution in [2.45, 2.75) is 57.8 Å². The summed E-state index contributed by atoms with van der Waals surface area (Å²) in [5, 5.41) is 8.83. The highest BCUT2D eigenvalue weighted by Crippen LogP contribution is 2.15. The van der Waals surface area contributed by atoms with Gasteiger partial charge in [-0.2, -0.15) is 0 Å². The molecule has 0 unspecified atom stereocenters. The van der Waals surface area contributed by atoms with Crippen molar-refractivity contribution in [1.82, 2.24) is 0 Å². The molecule has 3 nitrogen and oxygen atoms in total. The maximum atomic E-state index is 11.6. The van der Waals surface area contributed by atoms with Gasteiger partial charge in [0.05, 0.1) is 0 Å². The Balaban J connectivity index is 2.26. The summed E-state index contributed by atoms with van der Waals surface area (Å²) in [5.41, 5.74) is 1.18. The highest BCUT2D eigenvalue weighted by molar-refractivity contribution is 6.40. The predicted molar refractivity (Wildman–Crippen MR) is 89.2 cm³/mol. The van der Waals surface area contributed by atoms with Crippen molar-refractivity contribution in [2.24, 2.45) is 0 Å². The van der Waals surface area contributed by atoms with E-state index in [9.17, 15) is 9.59 Å². The molecule has 1 N–H and O–H groups in total. The van der Waals surface area contributed by atoms with Gasteiger partial charge in [0, 0.05) is 5.56 Å². The van der Waals surface area contributed by atoms with Crippen LogP contribution in [0.4, 0.5) is 0 Å². The van der Waals surface area contributed by atoms with Gasteiger partial charge in [0.15, 0.2) is 0 Å². The Bertz CT molecular complexity index is 491. The zero-order chi connectivity index (χ0) is 16.2. The first-order chi connectivity index (χ1) is 10.7. The van der Waals surface area contributed by atoms with Gasteiger partial charge in [-0.05, 0) is 31.2 Å². The first-order valence-electron chi connectivity index (χ1n) is 8.13. The van der Waals surface area contributed by atoms with Crippen LogP contribution >= 0.6 is 0 Å². The molecule has 0 saturated heterocycles. The molecule has 0 fully saturated rings. The summed E-state index contributed by atoms with van der Waals surface area (Å²) in [5.74, 6) is -2.19. The van der Waals surface area contributed by atoms with Crippen LogP contribution in [0.15, 0.2) is 36.9 Å². The lowest BCUT2D eigenvalue weighted by Gasteiger charge is -2.06. The monoisotopic (exact) mass is 302 g/mol. The third-order valence-corrected chi connectivity index (χ3v) is 3.81. The minimum Gasteiger partial charge on any atom is -0.475 e. The summed E-state index contributed by atoms with van der Waals surface area (Å²) in [4.78, 5) is 22.4. The van der Waals surface area contributed by atoms with Crippen molar-refractivity contribution in [1.29, 1.82) is 0 Å². The molecular weight excluding hydrogens is 276 g/mol. The van der Waals surface area contributed by atoms with E-state index >= 15 is 0 Å². The van der Waals surface area contributed by atoms with Crippen molar-refractivity contribution < 1.29 is 14.7 Å². The molecule has 0 radical (unpaired) electrons. The fourth-order valence-corrected chi connectivity index (χ4v) is 2.56. The molecule has 1 aromatic carbocycles. The summed E-state index contributed by atoms with van der Waals surface area (Å²) in [6.07, 6.45) is 12.2. The Morgan fingerprint density at radius 2 is 1.55 bits per heavy atom. The van der Waals surface area contributed by atoms with E-state index in [0.29, 0.717) is 5.56 Å². The van der Waals surface area contributed by atoms with E-state index in [1.54, 1.807) is 12.1 Å². The van der Waals surface area contributed by atoms with Crippen LogP contribution in [0.25, 0.3) is 0 Å². The fourth-order valence-electron chi connectivity index (χ4n) is 2.56. The quantitative estimate of drug-likeness (QED) is 0.261. The maximum Gasteiger partial charge on any atom is 0.377 e. The first kappa shape index (κ1) is 18.1. The first-order valence-corrected chi connectivity index (χ1v) is 8.13. The van der Waals surface area contributed by atoms with Crippen LogP contribution in [-0.4, -0.2) is 16.9 Å². The smallest absolute Gasteiger partial charge is 0.377 e. The highest BCUT2D eigenvalue weighted by Gasteiger charge is 2.17. The molecular formula is C19H26O3. The third kappa shape index (κ3) is 6.70. The number of carboxylic acids is 1. The third-order valence-electron chi connectivity index (χ3n) is 3.81. The van der Waals surface area contributed by atoms with Crippen LogP contribution in [-0.2, 0) is 11.2 Å². The number of rotatable bonds is 12. The molecule has 1 aromatic rings. The number of unbranched alkanes of at least 4 members (excludes halogenated alkanes) is 7. The van der Waals surface area contributed by atoms with Crippen LogP contribution in [0.2, 0.25) is 0 Å². The molecule has 22 heavy (non-hydrogen) atoms. The van der Waals surface area contributed by atoms with Crippen molar-refractivity contribution in [2.75, 3.05) is 0 Å². The highest BCUT2D eigenvalue weighted by atomic mass is 16.4. The molecule has 3 heteroatoms. The molecule has 0 spiro atoms. The standard InChI is InChI=1S/C19H26O3/c1-2-3-4-5-6-7-8-9-10-13-16-14-11-12-15-17(16)18(20)19(21)22/h2,11-12,14-15H,1,3-10,13H2,(H,21,22). The molecule has 0 bridgehead atoms. The lowest BCUT2D eigenvalue weighted by atomic mass is 9.98. The van der Waals surface area contributed by atoms with Gasteiger partial charge < -0.3 is 5.11 Å². The average Bonchev–Trinajstić information content (AvgIpc) is 2.53. The lowest BCUT2D eigenvalue weighted by molar-refractivity contribution is -0.131. The molecule has 0 amide bonds. The normalized spacial score (nSPS) is 10.4. The SMILES string of the molecule is C=CCCCCCCCCCc1ccccc1C(=O)C(=O)O. The van der Waals surface area contributed by atoms with Gasteiger partial charge in [-0.1, -0.05) is 62.4 Å². The number of benzene rings is 1. The molecule has 0 atom stereocenters. The second-order valence-corrected chi connectivity index (χ2v) is 5.59. The van der Waals surface area contributed by atoms with Crippen LogP contribution in [0.1, 0.15) is 67.3 Å². The van der Waals surface area contributed by atoms with Gasteiger partial charge in [-0.15, -0.1) is 6.58 Å². The largest absolute Gasteiger partial charge is 0.475 e. The molecule has 120 valence electrons. The Labute approximate surface area is 133 Å². The van der Waals surface area contributed by atoms with Crippen LogP contribution < -0.4 is 0 Å². The molecule has 0 aromatic heterocycles. The number of carbonyl (C=O) groups excluding carboxylic acids is 1. The summed E-state index contributed by atoms with van der Waals surface area (Å²) in [6.45, 7) is 3.72. The topological polar surface area (TPSA) is 54.4 Å². The van der Waals surface area contributed by atoms with E-state index < -0.39 is 11.8 Å². The number of aliphatic carboxylic acids is 1. The fraction of sp³-hybridized carbons (Fsp3) is 0.474. The zero-order valence-electron chi connectivity index (χ0n) is 13.2. The number of hydrogen-bond donors (Lipinski definition) is 1. The van der Waals surface area contributed by atoms with E-state index in [4.69, 9.17) is 5.11 Å². The summed E-state index contributed by atoms with van der Waals surface area (Å²) in [7, 11) is 0. The molecule has 0 heterocycles. The number of carbonyl (C=O) groups is 2. The van der Waals surface area contributed by atoms with E-state index in [-0.39, 0.29) is 0 Å². The van der Waals surface area contributed by atoms with E-state index in [2.05, 4.69) is 6.58 Å². The Hall–Kier alpha value is -1.90. The van der Waals surface area contributed by atoms with E-state index in [1.165, 1.54) is 32.1 Å². The number of carboxylic acid groups (broad SMARTS) is 1. The van der Waals surface area contributed by atoms with Crippen LogP contribution in [0, 0.1) is 0 Å². The van der Waals surface area contributed by atoms with Gasteiger partial charge >= 0.3 is 5.97 Å². The second-order valence-electron chi connectivity index (χ2n) is 5.59. The van der Waals surface area contributed by atoms with E-state index in [0.717, 1.165) is 31.2 Å². The molecule has 0 saturated carbocycles. The predicted octanol–water partition coefficient (Wildman–Crippen LogP) is 4.80. The van der Waals surface area contributed by atoms with Crippen LogP contribution in [0.3, 0.4) is 0 Å². The van der Waals surface area contributed by atoms with Crippen molar-refractivity contribution >= 4 is 11.8 Å². The number of ketones is 1. The van der Waals surface area contributed by atoms with Gasteiger partial charge in [0.25, 0.3) is 5.78 Å². The number of hydrogen-bond acceptors (Lipinski definition) is 2. The summed E-state index contributed by atoms with van der Waals surface area (Å²) < 4.78 is 0. The molecule has 0 aliphatic rings. The van der Waals surface area contributed by atoms with Gasteiger partial charge in [0.1, 0.15) is 0 Å². The van der Waals surface area contributed by atoms with Crippen molar-refractivity contribution in [3.63, 3.8) is 0 Å². The number of Topliss-reactive ketones (excluding diaryl/α,β-unsaturated/α-hetero) is 1. The minimum atomic E-state index is -1.38. The Morgan fingerprint density at radius 1 is 0.955 bits per heavy atom. The van der Waals surface area contributed by atoms with Crippen LogP contribution in [0.5, 0.6) is 0 Å². The Kier molecular flexibility index (Phi) is 8.89. The number of aryl methyl sites for hydroxylation is 1. The zero-order valence-corrected chi connectivity index (χ0v) is 13.2. The van der Waals surface area contributed by atoms with Gasteiger partial charge in [-0.25, -0.2) is 4.79 Å². The summed E-state index contributed by atoms with van der Waals surface area (Å²) in [6, 6.07) is 7.02. The average molecular weight is 302 g/mol. The van der Waals surface area contributed by atoms with Gasteiger partial charge in [0.2, 0.25) is 0 Å². The maximum absolute atomic E-state index is 11.6. The van der Waals surface area contributed by atoms with Crippen molar-refractivity contribution in [3.05, 3.63) is 48.0 Å². The Morgan fingerprint density at radius 3 is 2.18 bits per heavy atom. The lowest BCUT2D eigenvalue weighted by Crippen LogP contribution is -2.14. The second kappa shape index (κ2) is 10.8. The minimum absolute atomic E-state index is 0.333. The summed E-state index contributed by atoms with van der Waals surface area (Å²) >= 11 is 0. The van der Waals surface area contributed by atoms with E-state index in [1.807, 2.05) is 18.2 Å². The van der Waals surface area contributed by atoms with Gasteiger partial charge in [-0.3, -0.25) is 4.79 Å². The van der Waals surface area contributed by atoms with Crippen molar-refractivity contribution in [3.8, 4) is 0 Å².